The largest absolute Gasteiger partial charge is 0.456 e. The summed E-state index contributed by atoms with van der Waals surface area (Å²) in [4.78, 5) is 4.99. The van der Waals surface area contributed by atoms with Crippen molar-refractivity contribution in [2.75, 3.05) is 9.80 Å². The van der Waals surface area contributed by atoms with E-state index in [0.717, 1.165) is 66.6 Å². The highest BCUT2D eigenvalue weighted by molar-refractivity contribution is 6.98. The lowest BCUT2D eigenvalue weighted by Crippen LogP contribution is -2.59. The molecule has 7 aromatic carbocycles. The third kappa shape index (κ3) is 5.01. The number of nitrogens with zero attached hydrogens (tertiary/aromatic N) is 2. The normalized spacial score (nSPS) is 13.8. The summed E-state index contributed by atoms with van der Waals surface area (Å²) >= 11 is 0. The average molecular weight is 755 g/mol. The Morgan fingerprint density at radius 3 is 1.66 bits per heavy atom. The molecule has 0 radical (unpaired) electrons. The lowest BCUT2D eigenvalue weighted by Gasteiger charge is -2.45. The van der Waals surface area contributed by atoms with Crippen molar-refractivity contribution in [3.63, 3.8) is 0 Å². The predicted octanol–water partition coefficient (Wildman–Crippen LogP) is 13.1. The predicted molar refractivity (Wildman–Crippen MR) is 247 cm³/mol. The number of rotatable bonds is 2. The highest BCUT2D eigenvalue weighted by atomic mass is 16.3. The number of hydrogen-bond acceptors (Lipinski definition) is 4. The van der Waals surface area contributed by atoms with Crippen LogP contribution in [0.25, 0.3) is 43.9 Å². The minimum absolute atomic E-state index is 0.00558. The lowest BCUT2D eigenvalue weighted by molar-refractivity contribution is 0.587. The van der Waals surface area contributed by atoms with Gasteiger partial charge in [0.2, 0.25) is 6.71 Å². The number of furan rings is 2. The van der Waals surface area contributed by atoms with Gasteiger partial charge >= 0.3 is 0 Å². The second-order valence-corrected chi connectivity index (χ2v) is 18.8. The molecule has 4 heterocycles. The van der Waals surface area contributed by atoms with Crippen LogP contribution in [0.3, 0.4) is 0 Å². The Morgan fingerprint density at radius 2 is 1.02 bits per heavy atom. The summed E-state index contributed by atoms with van der Waals surface area (Å²) in [6.45, 7) is 20.3. The molecular formula is C53H47BN2O2. The molecule has 9 aromatic rings. The van der Waals surface area contributed by atoms with E-state index in [0.29, 0.717) is 0 Å². The van der Waals surface area contributed by atoms with Crippen molar-refractivity contribution in [1.29, 1.82) is 0 Å². The van der Waals surface area contributed by atoms with Crippen molar-refractivity contribution in [2.24, 2.45) is 0 Å². The van der Waals surface area contributed by atoms with Gasteiger partial charge < -0.3 is 18.6 Å². The molecule has 0 N–H and O–H groups in total. The molecule has 2 aromatic heterocycles. The summed E-state index contributed by atoms with van der Waals surface area (Å²) in [7, 11) is 0. The minimum Gasteiger partial charge on any atom is -0.456 e. The number of fused-ring (bicyclic) bond motifs is 10. The number of para-hydroxylation sites is 3. The van der Waals surface area contributed by atoms with Crippen LogP contribution in [-0.2, 0) is 10.8 Å². The topological polar surface area (TPSA) is 32.8 Å². The van der Waals surface area contributed by atoms with Gasteiger partial charge in [-0.2, -0.15) is 0 Å². The van der Waals surface area contributed by atoms with Crippen molar-refractivity contribution in [3.05, 3.63) is 149 Å². The molecule has 2 aliphatic heterocycles. The average Bonchev–Trinajstić information content (AvgIpc) is 3.73. The summed E-state index contributed by atoms with van der Waals surface area (Å²) in [6.07, 6.45) is 0. The zero-order chi connectivity index (χ0) is 40.0. The summed E-state index contributed by atoms with van der Waals surface area (Å²) in [5.41, 5.74) is 21.0. The number of anilines is 6. The molecule has 4 nitrogen and oxygen atoms in total. The Bertz CT molecular complexity index is 3180. The molecule has 0 atom stereocenters. The summed E-state index contributed by atoms with van der Waals surface area (Å²) in [5, 5.41) is 4.54. The van der Waals surface area contributed by atoms with Gasteiger partial charge in [-0.15, -0.1) is 0 Å². The fraction of sp³-hybridized carbons (Fsp3) is 0.208. The molecule has 2 aliphatic rings. The van der Waals surface area contributed by atoms with Crippen molar-refractivity contribution in [3.8, 4) is 0 Å². The van der Waals surface area contributed by atoms with E-state index in [-0.39, 0.29) is 17.5 Å². The zero-order valence-electron chi connectivity index (χ0n) is 34.8. The van der Waals surface area contributed by atoms with Gasteiger partial charge in [0.1, 0.15) is 22.3 Å². The molecule has 0 amide bonds. The maximum atomic E-state index is 6.80. The van der Waals surface area contributed by atoms with Gasteiger partial charge in [0.15, 0.2) is 0 Å². The zero-order valence-corrected chi connectivity index (χ0v) is 34.8. The smallest absolute Gasteiger partial charge is 0.247 e. The molecule has 0 aliphatic carbocycles. The maximum absolute atomic E-state index is 6.80. The SMILES string of the molecule is Cc1cc(C)c(B2c3cc4oc5cc(C(C)(C)C)ccc5c4cc3N3c4ccccc4N(c4ccc5oc6cc(C(C)(C)C)ccc6c5c4)c4cccc2c43)c(C)c1. The summed E-state index contributed by atoms with van der Waals surface area (Å²) in [5.74, 6) is 0. The molecule has 0 saturated heterocycles. The molecule has 284 valence electrons. The number of hydrogen-bond donors (Lipinski definition) is 0. The first-order valence-corrected chi connectivity index (χ1v) is 20.6. The van der Waals surface area contributed by atoms with Crippen LogP contribution in [0.15, 0.2) is 130 Å². The van der Waals surface area contributed by atoms with Gasteiger partial charge in [-0.3, -0.25) is 0 Å². The van der Waals surface area contributed by atoms with Crippen LogP contribution in [0.4, 0.5) is 34.1 Å². The Morgan fingerprint density at radius 1 is 0.448 bits per heavy atom. The van der Waals surface area contributed by atoms with Crippen molar-refractivity contribution in [1.82, 2.24) is 0 Å². The van der Waals surface area contributed by atoms with Crippen LogP contribution in [-0.4, -0.2) is 6.71 Å². The van der Waals surface area contributed by atoms with E-state index in [4.69, 9.17) is 8.83 Å². The highest BCUT2D eigenvalue weighted by Crippen LogP contribution is 2.55. The second-order valence-electron chi connectivity index (χ2n) is 18.8. The van der Waals surface area contributed by atoms with E-state index in [2.05, 4.69) is 193 Å². The Kier molecular flexibility index (Phi) is 7.20. The number of benzene rings is 7. The fourth-order valence-electron chi connectivity index (χ4n) is 10.0. The van der Waals surface area contributed by atoms with Gasteiger partial charge in [-0.05, 0) is 114 Å². The molecule has 5 heteroatoms. The van der Waals surface area contributed by atoms with E-state index < -0.39 is 0 Å². The fourth-order valence-corrected chi connectivity index (χ4v) is 10.0. The Balaban J connectivity index is 1.18. The third-order valence-electron chi connectivity index (χ3n) is 12.8. The van der Waals surface area contributed by atoms with E-state index in [1.807, 2.05) is 0 Å². The number of aryl methyl sites for hydroxylation is 3. The van der Waals surface area contributed by atoms with Crippen molar-refractivity contribution < 1.29 is 8.83 Å². The summed E-state index contributed by atoms with van der Waals surface area (Å²) in [6, 6.07) is 45.4. The van der Waals surface area contributed by atoms with Crippen LogP contribution in [0.1, 0.15) is 69.4 Å². The Labute approximate surface area is 340 Å². The molecule has 58 heavy (non-hydrogen) atoms. The van der Waals surface area contributed by atoms with Gasteiger partial charge in [-0.1, -0.05) is 124 Å². The second kappa shape index (κ2) is 11.9. The lowest BCUT2D eigenvalue weighted by atomic mass is 9.33. The summed E-state index contributed by atoms with van der Waals surface area (Å²) < 4.78 is 13.3. The van der Waals surface area contributed by atoms with E-state index in [1.165, 1.54) is 55.6 Å². The van der Waals surface area contributed by atoms with Crippen LogP contribution in [0.2, 0.25) is 0 Å². The first-order chi connectivity index (χ1) is 27.7. The molecule has 11 rings (SSSR count). The molecule has 0 fully saturated rings. The molecule has 0 saturated carbocycles. The van der Waals surface area contributed by atoms with Gasteiger partial charge in [-0.25, -0.2) is 0 Å². The first kappa shape index (κ1) is 35.0. The molecule has 0 unspecified atom stereocenters. The van der Waals surface area contributed by atoms with Gasteiger partial charge in [0.05, 0.1) is 22.7 Å². The standard InChI is InChI=1S/C53H47BN2O2/c1-30-23-31(2)50(32(3)24-30)54-40-13-12-16-44-51(40)56(45-28-39-37-21-18-34(53(7,8)9)26-48(37)58-49(39)29-41(45)54)43-15-11-10-14-42(43)55(44)35-19-22-46-38(27-35)36-20-17-33(52(4,5)6)25-47(36)57-46/h10-29H,1-9H3. The van der Waals surface area contributed by atoms with E-state index in [1.54, 1.807) is 0 Å². The highest BCUT2D eigenvalue weighted by Gasteiger charge is 2.43. The minimum atomic E-state index is -0.00558. The molecular weight excluding hydrogens is 707 g/mol. The van der Waals surface area contributed by atoms with Crippen LogP contribution in [0, 0.1) is 20.8 Å². The third-order valence-corrected chi connectivity index (χ3v) is 12.8. The van der Waals surface area contributed by atoms with Crippen LogP contribution < -0.4 is 26.2 Å². The van der Waals surface area contributed by atoms with E-state index >= 15 is 0 Å². The van der Waals surface area contributed by atoms with Gasteiger partial charge in [0.25, 0.3) is 0 Å². The van der Waals surface area contributed by atoms with E-state index in [9.17, 15) is 0 Å². The molecule has 0 spiro atoms. The van der Waals surface area contributed by atoms with Crippen molar-refractivity contribution in [2.45, 2.75) is 73.1 Å². The van der Waals surface area contributed by atoms with Crippen LogP contribution >= 0.6 is 0 Å². The molecule has 0 bridgehead atoms. The monoisotopic (exact) mass is 754 g/mol. The van der Waals surface area contributed by atoms with Crippen LogP contribution in [0.5, 0.6) is 0 Å². The van der Waals surface area contributed by atoms with Gasteiger partial charge in [0, 0.05) is 32.9 Å². The maximum Gasteiger partial charge on any atom is 0.247 e. The quantitative estimate of drug-likeness (QED) is 0.165. The van der Waals surface area contributed by atoms with Crippen molar-refractivity contribution >= 4 is 101 Å². The Hall–Kier alpha value is -6.20. The first-order valence-electron chi connectivity index (χ1n) is 20.6.